The molecule has 1 aliphatic rings. The molecule has 1 unspecified atom stereocenters. The van der Waals surface area contributed by atoms with Crippen molar-refractivity contribution in [3.05, 3.63) is 12.2 Å². The van der Waals surface area contributed by atoms with Gasteiger partial charge in [0.05, 0.1) is 5.92 Å². The standard InChI is InChI=1S/C12H22O2Si/c1-15(2,3)14-12(13)11-9-7-5-4-6-8-10-11/h4-5,11H,6-10H2,1-3H3. The molecule has 15 heavy (non-hydrogen) atoms. The Balaban J connectivity index is 2.47. The summed E-state index contributed by atoms with van der Waals surface area (Å²) in [5, 5.41) is 0. The van der Waals surface area contributed by atoms with Crippen molar-refractivity contribution in [1.82, 2.24) is 0 Å². The van der Waals surface area contributed by atoms with Crippen LogP contribution in [0, 0.1) is 5.92 Å². The second-order valence-corrected chi connectivity index (χ2v) is 9.64. The van der Waals surface area contributed by atoms with E-state index in [-0.39, 0.29) is 11.9 Å². The molecular formula is C12H22O2Si. The van der Waals surface area contributed by atoms with Crippen molar-refractivity contribution in [3.8, 4) is 0 Å². The van der Waals surface area contributed by atoms with Gasteiger partial charge in [-0.05, 0) is 51.7 Å². The van der Waals surface area contributed by atoms with Crippen molar-refractivity contribution >= 4 is 14.3 Å². The molecule has 0 aromatic carbocycles. The Bertz CT molecular complexity index is 240. The molecule has 0 aromatic heterocycles. The Labute approximate surface area is 93.8 Å². The van der Waals surface area contributed by atoms with Gasteiger partial charge in [0.1, 0.15) is 0 Å². The van der Waals surface area contributed by atoms with Crippen molar-refractivity contribution in [2.45, 2.75) is 51.7 Å². The molecule has 3 heteroatoms. The molecule has 1 aliphatic carbocycles. The van der Waals surface area contributed by atoms with E-state index in [0.717, 1.165) is 32.1 Å². The van der Waals surface area contributed by atoms with Crippen LogP contribution in [0.1, 0.15) is 32.1 Å². The number of hydrogen-bond donors (Lipinski definition) is 0. The van der Waals surface area contributed by atoms with Gasteiger partial charge in [-0.2, -0.15) is 0 Å². The first kappa shape index (κ1) is 12.5. The Hall–Kier alpha value is -0.573. The average Bonchev–Trinajstić information content (AvgIpc) is 1.98. The summed E-state index contributed by atoms with van der Waals surface area (Å²) >= 11 is 0. The summed E-state index contributed by atoms with van der Waals surface area (Å²) in [7, 11) is -1.70. The zero-order valence-corrected chi connectivity index (χ0v) is 11.1. The molecule has 0 aromatic rings. The number of carbonyl (C=O) groups is 1. The predicted octanol–water partition coefficient (Wildman–Crippen LogP) is 3.50. The van der Waals surface area contributed by atoms with Crippen LogP contribution in [0.15, 0.2) is 12.2 Å². The van der Waals surface area contributed by atoms with E-state index in [9.17, 15) is 4.79 Å². The van der Waals surface area contributed by atoms with Crippen LogP contribution in [0.5, 0.6) is 0 Å². The van der Waals surface area contributed by atoms with Crippen molar-refractivity contribution < 1.29 is 9.22 Å². The molecule has 0 aliphatic heterocycles. The highest BCUT2D eigenvalue weighted by molar-refractivity contribution is 6.71. The molecule has 0 spiro atoms. The van der Waals surface area contributed by atoms with Crippen LogP contribution in [0.2, 0.25) is 19.6 Å². The monoisotopic (exact) mass is 226 g/mol. The van der Waals surface area contributed by atoms with Crippen LogP contribution in [0.4, 0.5) is 0 Å². The van der Waals surface area contributed by atoms with Crippen molar-refractivity contribution in [1.29, 1.82) is 0 Å². The van der Waals surface area contributed by atoms with E-state index in [1.165, 1.54) is 0 Å². The fourth-order valence-corrected chi connectivity index (χ4v) is 2.55. The lowest BCUT2D eigenvalue weighted by Crippen LogP contribution is -2.33. The highest BCUT2D eigenvalue weighted by Gasteiger charge is 2.26. The van der Waals surface area contributed by atoms with Gasteiger partial charge in [-0.15, -0.1) is 0 Å². The Morgan fingerprint density at radius 1 is 1.20 bits per heavy atom. The third-order valence-corrected chi connectivity index (χ3v) is 3.33. The summed E-state index contributed by atoms with van der Waals surface area (Å²) in [6.45, 7) is 6.19. The third-order valence-electron chi connectivity index (χ3n) is 2.51. The van der Waals surface area contributed by atoms with Gasteiger partial charge in [0.2, 0.25) is 8.32 Å². The van der Waals surface area contributed by atoms with Crippen LogP contribution in [-0.4, -0.2) is 14.3 Å². The molecule has 0 bridgehead atoms. The van der Waals surface area contributed by atoms with Crippen LogP contribution in [0.25, 0.3) is 0 Å². The SMILES string of the molecule is C[Si](C)(C)OC(=O)C1CCC=CCCC1. The molecule has 0 saturated heterocycles. The minimum atomic E-state index is -1.70. The van der Waals surface area contributed by atoms with Gasteiger partial charge in [-0.3, -0.25) is 4.79 Å². The molecule has 86 valence electrons. The minimum absolute atomic E-state index is 0.0458. The van der Waals surface area contributed by atoms with Crippen LogP contribution in [-0.2, 0) is 9.22 Å². The smallest absolute Gasteiger partial charge is 0.295 e. The molecule has 1 rings (SSSR count). The first-order valence-electron chi connectivity index (χ1n) is 5.87. The first-order valence-corrected chi connectivity index (χ1v) is 9.28. The lowest BCUT2D eigenvalue weighted by molar-refractivity contribution is -0.140. The Morgan fingerprint density at radius 2 is 1.87 bits per heavy atom. The van der Waals surface area contributed by atoms with Gasteiger partial charge in [-0.25, -0.2) is 0 Å². The molecule has 0 heterocycles. The van der Waals surface area contributed by atoms with Gasteiger partial charge >= 0.3 is 0 Å². The van der Waals surface area contributed by atoms with E-state index < -0.39 is 8.32 Å². The second kappa shape index (κ2) is 5.49. The van der Waals surface area contributed by atoms with E-state index >= 15 is 0 Å². The summed E-state index contributed by atoms with van der Waals surface area (Å²) in [5.74, 6) is 0.186. The second-order valence-electron chi connectivity index (χ2n) is 5.21. The molecule has 0 saturated carbocycles. The summed E-state index contributed by atoms with van der Waals surface area (Å²) in [5.41, 5.74) is 0. The fraction of sp³-hybridized carbons (Fsp3) is 0.750. The maximum Gasteiger partial charge on any atom is 0.295 e. The Kier molecular flexibility index (Phi) is 4.58. The topological polar surface area (TPSA) is 26.3 Å². The third kappa shape index (κ3) is 5.16. The van der Waals surface area contributed by atoms with Gasteiger partial charge in [-0.1, -0.05) is 12.2 Å². The zero-order valence-electron chi connectivity index (χ0n) is 10.1. The molecule has 0 N–H and O–H groups in total. The van der Waals surface area contributed by atoms with Gasteiger partial charge in [0.15, 0.2) is 0 Å². The van der Waals surface area contributed by atoms with E-state index in [4.69, 9.17) is 4.43 Å². The van der Waals surface area contributed by atoms with Crippen molar-refractivity contribution in [2.75, 3.05) is 0 Å². The summed E-state index contributed by atoms with van der Waals surface area (Å²) in [6.07, 6.45) is 9.60. The summed E-state index contributed by atoms with van der Waals surface area (Å²) in [6, 6.07) is 0. The summed E-state index contributed by atoms with van der Waals surface area (Å²) in [4.78, 5) is 11.9. The van der Waals surface area contributed by atoms with E-state index in [2.05, 4.69) is 31.8 Å². The van der Waals surface area contributed by atoms with E-state index in [1.807, 2.05) is 0 Å². The van der Waals surface area contributed by atoms with E-state index in [0.29, 0.717) is 0 Å². The van der Waals surface area contributed by atoms with Gasteiger partial charge in [0, 0.05) is 0 Å². The zero-order chi connectivity index (χ0) is 11.3. The van der Waals surface area contributed by atoms with Crippen LogP contribution >= 0.6 is 0 Å². The number of allylic oxidation sites excluding steroid dienone is 2. The lowest BCUT2D eigenvalue weighted by Gasteiger charge is -2.23. The molecule has 0 fully saturated rings. The Morgan fingerprint density at radius 3 is 2.53 bits per heavy atom. The van der Waals surface area contributed by atoms with Crippen molar-refractivity contribution in [2.24, 2.45) is 5.92 Å². The first-order chi connectivity index (χ1) is 6.99. The van der Waals surface area contributed by atoms with Crippen LogP contribution in [0.3, 0.4) is 0 Å². The quantitative estimate of drug-likeness (QED) is 0.532. The maximum atomic E-state index is 11.9. The van der Waals surface area contributed by atoms with Gasteiger partial charge in [0.25, 0.3) is 5.97 Å². The van der Waals surface area contributed by atoms with Gasteiger partial charge < -0.3 is 4.43 Å². The normalized spacial score (nSPS) is 23.0. The largest absolute Gasteiger partial charge is 0.520 e. The fourth-order valence-electron chi connectivity index (χ4n) is 1.78. The van der Waals surface area contributed by atoms with E-state index in [1.54, 1.807) is 0 Å². The number of hydrogen-bond acceptors (Lipinski definition) is 2. The summed E-state index contributed by atoms with van der Waals surface area (Å²) < 4.78 is 5.55. The predicted molar refractivity (Wildman–Crippen MR) is 65.2 cm³/mol. The minimum Gasteiger partial charge on any atom is -0.520 e. The number of carbonyl (C=O) groups excluding carboxylic acids is 1. The van der Waals surface area contributed by atoms with Crippen molar-refractivity contribution in [3.63, 3.8) is 0 Å². The number of rotatable bonds is 2. The highest BCUT2D eigenvalue weighted by Crippen LogP contribution is 2.21. The van der Waals surface area contributed by atoms with Crippen LogP contribution < -0.4 is 0 Å². The average molecular weight is 226 g/mol. The molecule has 0 radical (unpaired) electrons. The maximum absolute atomic E-state index is 11.9. The molecule has 0 amide bonds. The molecule has 1 atom stereocenters. The highest BCUT2D eigenvalue weighted by atomic mass is 28.4. The molecule has 2 nitrogen and oxygen atoms in total. The lowest BCUT2D eigenvalue weighted by atomic mass is 9.94. The molecular weight excluding hydrogens is 204 g/mol.